The Morgan fingerprint density at radius 3 is 2.63 bits per heavy atom. The van der Waals surface area contributed by atoms with E-state index in [1.54, 1.807) is 0 Å². The van der Waals surface area contributed by atoms with Gasteiger partial charge in [-0.25, -0.2) is 0 Å². The number of aliphatic hydroxyl groups is 1. The van der Waals surface area contributed by atoms with E-state index in [1.165, 1.54) is 0 Å². The zero-order valence-electron chi connectivity index (χ0n) is 11.1. The van der Waals surface area contributed by atoms with Gasteiger partial charge in [0.25, 0.3) is 0 Å². The number of aromatic nitrogens is 3. The highest BCUT2D eigenvalue weighted by Crippen LogP contribution is 2.17. The molecule has 1 aliphatic rings. The van der Waals surface area contributed by atoms with Gasteiger partial charge in [0.2, 0.25) is 17.2 Å². The van der Waals surface area contributed by atoms with Crippen LogP contribution in [0.1, 0.15) is 13.8 Å². The zero-order chi connectivity index (χ0) is 13.9. The Labute approximate surface area is 117 Å². The smallest absolute Gasteiger partial charge is 0.231 e. The van der Waals surface area contributed by atoms with Gasteiger partial charge >= 0.3 is 0 Å². The molecule has 2 heterocycles. The van der Waals surface area contributed by atoms with E-state index < -0.39 is 5.54 Å². The fourth-order valence-electron chi connectivity index (χ4n) is 1.64. The third kappa shape index (κ3) is 3.89. The number of rotatable bonds is 4. The van der Waals surface area contributed by atoms with Crippen molar-refractivity contribution in [2.24, 2.45) is 0 Å². The number of aliphatic hydroxyl groups excluding tert-OH is 1. The molecule has 2 rings (SSSR count). The maximum absolute atomic E-state index is 9.25. The summed E-state index contributed by atoms with van der Waals surface area (Å²) in [5, 5.41) is 12.4. The topological polar surface area (TPSA) is 83.4 Å². The van der Waals surface area contributed by atoms with Crippen LogP contribution < -0.4 is 10.2 Å². The Morgan fingerprint density at radius 2 is 2.00 bits per heavy atom. The molecule has 1 aliphatic heterocycles. The molecule has 1 fully saturated rings. The summed E-state index contributed by atoms with van der Waals surface area (Å²) in [6.45, 7) is 6.40. The van der Waals surface area contributed by atoms with Crippen LogP contribution in [-0.2, 0) is 4.74 Å². The number of nitrogens with one attached hydrogen (secondary N) is 1. The van der Waals surface area contributed by atoms with Crippen LogP contribution in [0.25, 0.3) is 0 Å². The van der Waals surface area contributed by atoms with E-state index in [9.17, 15) is 5.11 Å². The molecule has 0 unspecified atom stereocenters. The number of anilines is 2. The van der Waals surface area contributed by atoms with Gasteiger partial charge in [-0.3, -0.25) is 0 Å². The summed E-state index contributed by atoms with van der Waals surface area (Å²) >= 11 is 5.92. The zero-order valence-corrected chi connectivity index (χ0v) is 11.8. The number of halogens is 1. The van der Waals surface area contributed by atoms with Crippen LogP contribution in [0.15, 0.2) is 0 Å². The van der Waals surface area contributed by atoms with Crippen molar-refractivity contribution in [3.63, 3.8) is 0 Å². The van der Waals surface area contributed by atoms with Crippen LogP contribution in [-0.4, -0.2) is 58.5 Å². The quantitative estimate of drug-likeness (QED) is 0.836. The molecule has 0 amide bonds. The monoisotopic (exact) mass is 287 g/mol. The highest BCUT2D eigenvalue weighted by atomic mass is 35.5. The van der Waals surface area contributed by atoms with E-state index in [-0.39, 0.29) is 11.9 Å². The molecule has 0 bridgehead atoms. The van der Waals surface area contributed by atoms with Gasteiger partial charge in [0.15, 0.2) is 0 Å². The van der Waals surface area contributed by atoms with E-state index in [0.717, 1.165) is 13.1 Å². The van der Waals surface area contributed by atoms with Crippen LogP contribution >= 0.6 is 11.6 Å². The summed E-state index contributed by atoms with van der Waals surface area (Å²) in [6.07, 6.45) is 0. The van der Waals surface area contributed by atoms with E-state index in [1.807, 2.05) is 18.7 Å². The molecule has 0 aliphatic carbocycles. The van der Waals surface area contributed by atoms with Gasteiger partial charge in [-0.2, -0.15) is 15.0 Å². The van der Waals surface area contributed by atoms with Crippen LogP contribution in [0.5, 0.6) is 0 Å². The van der Waals surface area contributed by atoms with Gasteiger partial charge in [0.05, 0.1) is 25.4 Å². The van der Waals surface area contributed by atoms with Gasteiger partial charge in [-0.05, 0) is 25.4 Å². The van der Waals surface area contributed by atoms with Crippen molar-refractivity contribution in [1.82, 2.24) is 15.0 Å². The summed E-state index contributed by atoms with van der Waals surface area (Å²) in [5.74, 6) is 0.889. The third-order valence-electron chi connectivity index (χ3n) is 2.74. The highest BCUT2D eigenvalue weighted by molar-refractivity contribution is 6.28. The molecular formula is C11H18ClN5O2. The molecule has 106 valence electrons. The first-order chi connectivity index (χ1) is 9.00. The van der Waals surface area contributed by atoms with Crippen molar-refractivity contribution in [1.29, 1.82) is 0 Å². The predicted octanol–water partition coefficient (Wildman–Crippen LogP) is 0.544. The SMILES string of the molecule is CC(C)(CO)Nc1nc(Cl)nc(N2CCOCC2)n1. The Balaban J connectivity index is 2.19. The van der Waals surface area contributed by atoms with Gasteiger partial charge in [-0.1, -0.05) is 0 Å². The van der Waals surface area contributed by atoms with Crippen LogP contribution in [0.4, 0.5) is 11.9 Å². The predicted molar refractivity (Wildman–Crippen MR) is 72.7 cm³/mol. The second-order valence-electron chi connectivity index (χ2n) is 4.99. The average Bonchev–Trinajstić information content (AvgIpc) is 2.38. The summed E-state index contributed by atoms with van der Waals surface area (Å²) in [5.41, 5.74) is -0.521. The summed E-state index contributed by atoms with van der Waals surface area (Å²) in [7, 11) is 0. The lowest BCUT2D eigenvalue weighted by molar-refractivity contribution is 0.122. The van der Waals surface area contributed by atoms with Gasteiger partial charge < -0.3 is 20.1 Å². The Morgan fingerprint density at radius 1 is 1.32 bits per heavy atom. The van der Waals surface area contributed by atoms with Crippen molar-refractivity contribution in [2.75, 3.05) is 43.1 Å². The van der Waals surface area contributed by atoms with E-state index in [4.69, 9.17) is 16.3 Å². The van der Waals surface area contributed by atoms with E-state index in [2.05, 4.69) is 20.3 Å². The normalized spacial score (nSPS) is 16.5. The fraction of sp³-hybridized carbons (Fsp3) is 0.727. The third-order valence-corrected chi connectivity index (χ3v) is 2.90. The van der Waals surface area contributed by atoms with Crippen LogP contribution in [0.3, 0.4) is 0 Å². The Bertz CT molecular complexity index is 437. The molecule has 1 saturated heterocycles. The fourth-order valence-corrected chi connectivity index (χ4v) is 1.80. The largest absolute Gasteiger partial charge is 0.394 e. The molecule has 1 aromatic rings. The molecule has 8 heteroatoms. The van der Waals surface area contributed by atoms with E-state index in [0.29, 0.717) is 25.1 Å². The van der Waals surface area contributed by atoms with Crippen LogP contribution in [0.2, 0.25) is 5.28 Å². The standard InChI is InChI=1S/C11H18ClN5O2/c1-11(2,7-18)16-9-13-8(12)14-10(15-9)17-3-5-19-6-4-17/h18H,3-7H2,1-2H3,(H,13,14,15,16). The minimum Gasteiger partial charge on any atom is -0.394 e. The van der Waals surface area contributed by atoms with Crippen molar-refractivity contribution in [2.45, 2.75) is 19.4 Å². The first kappa shape index (κ1) is 14.2. The number of ether oxygens (including phenoxy) is 1. The number of morpholine rings is 1. The van der Waals surface area contributed by atoms with E-state index >= 15 is 0 Å². The average molecular weight is 288 g/mol. The number of hydrogen-bond acceptors (Lipinski definition) is 7. The molecule has 0 spiro atoms. The second-order valence-corrected chi connectivity index (χ2v) is 5.33. The molecule has 19 heavy (non-hydrogen) atoms. The van der Waals surface area contributed by atoms with Crippen molar-refractivity contribution in [3.05, 3.63) is 5.28 Å². The minimum atomic E-state index is -0.521. The van der Waals surface area contributed by atoms with Crippen molar-refractivity contribution < 1.29 is 9.84 Å². The highest BCUT2D eigenvalue weighted by Gasteiger charge is 2.20. The maximum atomic E-state index is 9.25. The summed E-state index contributed by atoms with van der Waals surface area (Å²) in [6, 6.07) is 0. The van der Waals surface area contributed by atoms with Crippen molar-refractivity contribution in [3.8, 4) is 0 Å². The molecular weight excluding hydrogens is 270 g/mol. The summed E-state index contributed by atoms with van der Waals surface area (Å²) in [4.78, 5) is 14.5. The molecule has 0 saturated carbocycles. The molecule has 2 N–H and O–H groups in total. The maximum Gasteiger partial charge on any atom is 0.231 e. The first-order valence-corrected chi connectivity index (χ1v) is 6.51. The molecule has 0 radical (unpaired) electrons. The number of hydrogen-bond donors (Lipinski definition) is 2. The van der Waals surface area contributed by atoms with Gasteiger partial charge in [0, 0.05) is 13.1 Å². The van der Waals surface area contributed by atoms with Crippen LogP contribution in [0, 0.1) is 0 Å². The minimum absolute atomic E-state index is 0.0385. The lowest BCUT2D eigenvalue weighted by atomic mass is 10.1. The Kier molecular flexibility index (Phi) is 4.38. The molecule has 7 nitrogen and oxygen atoms in total. The summed E-state index contributed by atoms with van der Waals surface area (Å²) < 4.78 is 5.29. The number of nitrogens with zero attached hydrogens (tertiary/aromatic N) is 4. The van der Waals surface area contributed by atoms with Crippen molar-refractivity contribution >= 4 is 23.5 Å². The lowest BCUT2D eigenvalue weighted by Crippen LogP contribution is -2.38. The Hall–Kier alpha value is -1.18. The molecule has 0 aromatic carbocycles. The first-order valence-electron chi connectivity index (χ1n) is 6.13. The molecule has 1 aromatic heterocycles. The lowest BCUT2D eigenvalue weighted by Gasteiger charge is -2.28. The molecule has 0 atom stereocenters. The second kappa shape index (κ2) is 5.85. The van der Waals surface area contributed by atoms with Gasteiger partial charge in [0.1, 0.15) is 0 Å². The van der Waals surface area contributed by atoms with Gasteiger partial charge in [-0.15, -0.1) is 0 Å².